The van der Waals surface area contributed by atoms with Crippen LogP contribution in [0.2, 0.25) is 0 Å². The monoisotopic (exact) mass is 276 g/mol. The van der Waals surface area contributed by atoms with Gasteiger partial charge in [-0.05, 0) is 0 Å². The lowest BCUT2D eigenvalue weighted by atomic mass is 10.2. The molecule has 0 aromatic carbocycles. The van der Waals surface area contributed by atoms with Crippen molar-refractivity contribution in [3.8, 4) is 0 Å². The molecular formula is C4H2Cl6O. The predicted octanol–water partition coefficient (Wildman–Crippen LogP) is 3.50. The summed E-state index contributed by atoms with van der Waals surface area (Å²) in [7, 11) is 0. The van der Waals surface area contributed by atoms with Crippen LogP contribution in [0.5, 0.6) is 0 Å². The van der Waals surface area contributed by atoms with Crippen molar-refractivity contribution in [3.05, 3.63) is 0 Å². The van der Waals surface area contributed by atoms with E-state index in [0.717, 1.165) is 0 Å². The molecule has 0 unspecified atom stereocenters. The third-order valence-corrected chi connectivity index (χ3v) is 3.18. The third-order valence-electron chi connectivity index (χ3n) is 1.35. The first kappa shape index (κ1) is 10.8. The van der Waals surface area contributed by atoms with E-state index in [2.05, 4.69) is 0 Å². The van der Waals surface area contributed by atoms with Gasteiger partial charge in [-0.15, -0.1) is 0 Å². The van der Waals surface area contributed by atoms with Crippen LogP contribution in [0.3, 0.4) is 0 Å². The third kappa shape index (κ3) is 1.80. The normalized spacial score (nSPS) is 23.5. The van der Waals surface area contributed by atoms with Crippen molar-refractivity contribution >= 4 is 69.6 Å². The maximum absolute atomic E-state index is 5.52. The second kappa shape index (κ2) is 2.84. The fraction of sp³-hybridized carbons (Fsp3) is 1.00. The fourth-order valence-corrected chi connectivity index (χ4v) is 2.50. The van der Waals surface area contributed by atoms with Crippen LogP contribution in [-0.2, 0) is 4.74 Å². The van der Waals surface area contributed by atoms with E-state index < -0.39 is 13.2 Å². The van der Waals surface area contributed by atoms with Gasteiger partial charge in [-0.3, -0.25) is 0 Å². The summed E-state index contributed by atoms with van der Waals surface area (Å²) < 4.78 is 1.41. The molecule has 1 rings (SSSR count). The van der Waals surface area contributed by atoms with Gasteiger partial charge in [-0.1, -0.05) is 69.6 Å². The first-order valence-electron chi connectivity index (χ1n) is 2.48. The van der Waals surface area contributed by atoms with Gasteiger partial charge in [0.15, 0.2) is 5.60 Å². The van der Waals surface area contributed by atoms with Gasteiger partial charge in [-0.25, -0.2) is 0 Å². The Morgan fingerprint density at radius 2 is 1.18 bits per heavy atom. The van der Waals surface area contributed by atoms with Crippen LogP contribution in [0.25, 0.3) is 0 Å². The van der Waals surface area contributed by atoms with Crippen LogP contribution < -0.4 is 0 Å². The highest BCUT2D eigenvalue weighted by Crippen LogP contribution is 2.60. The largest absolute Gasteiger partial charge is 0.360 e. The average molecular weight is 279 g/mol. The highest BCUT2D eigenvalue weighted by atomic mass is 35.6. The van der Waals surface area contributed by atoms with Gasteiger partial charge in [0.2, 0.25) is 7.59 Å². The van der Waals surface area contributed by atoms with Gasteiger partial charge >= 0.3 is 0 Å². The number of hydrogen-bond donors (Lipinski definition) is 0. The summed E-state index contributed by atoms with van der Waals surface area (Å²) in [5.41, 5.74) is -1.28. The summed E-state index contributed by atoms with van der Waals surface area (Å²) in [5.74, 6) is 0. The van der Waals surface area contributed by atoms with Gasteiger partial charge < -0.3 is 4.74 Å². The quantitative estimate of drug-likeness (QED) is 0.488. The van der Waals surface area contributed by atoms with Crippen molar-refractivity contribution < 1.29 is 4.74 Å². The molecule has 1 saturated heterocycles. The Balaban J connectivity index is 2.85. The number of halogens is 6. The lowest BCUT2D eigenvalue weighted by Gasteiger charge is -2.26. The average Bonchev–Trinajstić information content (AvgIpc) is 2.31. The second-order valence-corrected chi connectivity index (χ2v) is 6.67. The minimum absolute atomic E-state index is 0.139. The van der Waals surface area contributed by atoms with E-state index in [1.165, 1.54) is 0 Å². The molecule has 1 aliphatic heterocycles. The van der Waals surface area contributed by atoms with Gasteiger partial charge in [-0.2, -0.15) is 0 Å². The standard InChI is InChI=1S/C4H2Cl6O/c5-3(6,7)2(1-11-2)4(8,9)10/h1H2. The van der Waals surface area contributed by atoms with Gasteiger partial charge in [0.25, 0.3) is 0 Å². The summed E-state index contributed by atoms with van der Waals surface area (Å²) in [6, 6.07) is 0. The first-order chi connectivity index (χ1) is 4.71. The number of hydrogen-bond acceptors (Lipinski definition) is 1. The highest BCUT2D eigenvalue weighted by Gasteiger charge is 2.71. The summed E-state index contributed by atoms with van der Waals surface area (Å²) in [6.45, 7) is 0.139. The molecule has 0 saturated carbocycles. The van der Waals surface area contributed by atoms with Crippen molar-refractivity contribution in [2.45, 2.75) is 13.2 Å². The van der Waals surface area contributed by atoms with Gasteiger partial charge in [0.05, 0.1) is 6.61 Å². The fourth-order valence-electron chi connectivity index (χ4n) is 0.560. The highest BCUT2D eigenvalue weighted by molar-refractivity contribution is 6.74. The second-order valence-electron chi connectivity index (χ2n) is 2.11. The molecule has 0 aliphatic carbocycles. The topological polar surface area (TPSA) is 12.5 Å². The molecule has 11 heavy (non-hydrogen) atoms. The minimum atomic E-state index is -1.71. The van der Waals surface area contributed by atoms with Gasteiger partial charge in [0, 0.05) is 0 Å². The number of alkyl halides is 6. The SMILES string of the molecule is ClC(Cl)(Cl)C1(C(Cl)(Cl)Cl)CO1. The van der Waals surface area contributed by atoms with Crippen LogP contribution in [0.4, 0.5) is 0 Å². The van der Waals surface area contributed by atoms with Crippen LogP contribution in [0.15, 0.2) is 0 Å². The molecule has 0 amide bonds. The molecule has 0 bridgehead atoms. The van der Waals surface area contributed by atoms with E-state index in [1.54, 1.807) is 0 Å². The maximum Gasteiger partial charge on any atom is 0.225 e. The molecule has 0 atom stereocenters. The Morgan fingerprint density at radius 3 is 1.18 bits per heavy atom. The number of epoxide rings is 1. The maximum atomic E-state index is 5.52. The van der Waals surface area contributed by atoms with Crippen LogP contribution in [-0.4, -0.2) is 19.8 Å². The molecule has 0 aromatic heterocycles. The van der Waals surface area contributed by atoms with Gasteiger partial charge in [0.1, 0.15) is 0 Å². The Labute approximate surface area is 93.8 Å². The summed E-state index contributed by atoms with van der Waals surface area (Å²) in [6.07, 6.45) is 0. The Hall–Kier alpha value is 1.70. The lowest BCUT2D eigenvalue weighted by Crippen LogP contribution is -2.42. The van der Waals surface area contributed by atoms with Crippen LogP contribution >= 0.6 is 69.6 Å². The van der Waals surface area contributed by atoms with E-state index in [-0.39, 0.29) is 6.61 Å². The molecule has 0 spiro atoms. The summed E-state index contributed by atoms with van der Waals surface area (Å²) >= 11 is 33.1. The number of ether oxygens (including phenoxy) is 1. The van der Waals surface area contributed by atoms with Crippen molar-refractivity contribution in [2.24, 2.45) is 0 Å². The zero-order chi connectivity index (χ0) is 8.91. The number of rotatable bonds is 0. The molecule has 1 heterocycles. The molecule has 7 heteroatoms. The van der Waals surface area contributed by atoms with E-state index in [0.29, 0.717) is 0 Å². The predicted molar refractivity (Wildman–Crippen MR) is 49.3 cm³/mol. The zero-order valence-corrected chi connectivity index (χ0v) is 9.42. The van der Waals surface area contributed by atoms with Crippen LogP contribution in [0.1, 0.15) is 0 Å². The molecule has 66 valence electrons. The molecular weight excluding hydrogens is 277 g/mol. The first-order valence-corrected chi connectivity index (χ1v) is 4.75. The van der Waals surface area contributed by atoms with Crippen molar-refractivity contribution in [1.29, 1.82) is 0 Å². The Kier molecular flexibility index (Phi) is 2.79. The van der Waals surface area contributed by atoms with E-state index in [9.17, 15) is 0 Å². The molecule has 0 aromatic rings. The smallest absolute Gasteiger partial charge is 0.225 e. The molecule has 1 fully saturated rings. The minimum Gasteiger partial charge on any atom is -0.360 e. The van der Waals surface area contributed by atoms with E-state index in [1.807, 2.05) is 0 Å². The van der Waals surface area contributed by atoms with Crippen molar-refractivity contribution in [1.82, 2.24) is 0 Å². The summed E-state index contributed by atoms with van der Waals surface area (Å²) in [4.78, 5) is 0. The van der Waals surface area contributed by atoms with E-state index >= 15 is 0 Å². The van der Waals surface area contributed by atoms with E-state index in [4.69, 9.17) is 74.3 Å². The Bertz CT molecular complexity index is 146. The molecule has 1 nitrogen and oxygen atoms in total. The molecule has 1 aliphatic rings. The zero-order valence-electron chi connectivity index (χ0n) is 4.88. The molecule has 0 N–H and O–H groups in total. The Morgan fingerprint density at radius 1 is 0.909 bits per heavy atom. The van der Waals surface area contributed by atoms with Crippen molar-refractivity contribution in [3.63, 3.8) is 0 Å². The van der Waals surface area contributed by atoms with Crippen molar-refractivity contribution in [2.75, 3.05) is 6.61 Å². The van der Waals surface area contributed by atoms with Crippen LogP contribution in [0, 0.1) is 0 Å². The molecule has 0 radical (unpaired) electrons. The lowest BCUT2D eigenvalue weighted by molar-refractivity contribution is 0.309. The summed E-state index contributed by atoms with van der Waals surface area (Å²) in [5, 5.41) is 0.